The van der Waals surface area contributed by atoms with Crippen molar-refractivity contribution in [2.75, 3.05) is 38.8 Å². The molecule has 0 saturated carbocycles. The van der Waals surface area contributed by atoms with Crippen LogP contribution in [0.1, 0.15) is 116 Å². The number of imidazole rings is 4. The van der Waals surface area contributed by atoms with Crippen LogP contribution in [0.4, 0.5) is 50.0 Å². The number of esters is 3. The molecule has 38 nitrogen and oxygen atoms in total. The Bertz CT molecular complexity index is 7940. The topological polar surface area (TPSA) is 457 Å². The van der Waals surface area contributed by atoms with Crippen LogP contribution in [-0.4, -0.2) is 138 Å². The largest absolute Gasteiger partial charge is 0.500 e. The Kier molecular flexibility index (Phi) is 34.5. The molecule has 0 radical (unpaired) electrons. The number of nitrogens with zero attached hydrogens (tertiary/aromatic N) is 13. The van der Waals surface area contributed by atoms with Gasteiger partial charge in [-0.25, -0.2) is 57.5 Å². The monoisotopic (exact) mass is 2040 g/mol. The minimum absolute atomic E-state index is 0.0272. The summed E-state index contributed by atoms with van der Waals surface area (Å²) in [4.78, 5) is 197. The fourth-order valence-corrected chi connectivity index (χ4v) is 15.1. The summed E-state index contributed by atoms with van der Waals surface area (Å²) >= 11 is 3.14. The highest BCUT2D eigenvalue weighted by molar-refractivity contribution is 9.08. The van der Waals surface area contributed by atoms with E-state index in [0.29, 0.717) is 70.1 Å². The van der Waals surface area contributed by atoms with E-state index in [0.717, 1.165) is 73.9 Å². The summed E-state index contributed by atoms with van der Waals surface area (Å²) in [5.41, 5.74) is 2.47. The van der Waals surface area contributed by atoms with Crippen molar-refractivity contribution >= 4 is 102 Å². The number of ether oxygens (including phenoxy) is 5. The Balaban J connectivity index is 0.000000197. The van der Waals surface area contributed by atoms with E-state index in [4.69, 9.17) is 19.9 Å². The van der Waals surface area contributed by atoms with Crippen LogP contribution in [-0.2, 0) is 127 Å². The van der Waals surface area contributed by atoms with Crippen molar-refractivity contribution in [1.82, 2.24) is 69.7 Å². The number of nitrogens with one attached hydrogen (secondary N) is 2. The molecule has 0 saturated heterocycles. The Morgan fingerprint density at radius 3 is 1.11 bits per heavy atom. The van der Waals surface area contributed by atoms with Gasteiger partial charge in [-0.15, -0.1) is 0 Å². The molecule has 0 aliphatic heterocycles. The number of anilines is 1. The van der Waals surface area contributed by atoms with E-state index in [-0.39, 0.29) is 95.0 Å². The summed E-state index contributed by atoms with van der Waals surface area (Å²) in [5, 5.41) is 11.9. The first-order valence-electron chi connectivity index (χ1n) is 42.2. The normalized spacial score (nSPS) is 11.4. The van der Waals surface area contributed by atoms with Crippen LogP contribution >= 0.6 is 15.9 Å². The van der Waals surface area contributed by atoms with Gasteiger partial charge < -0.3 is 34.5 Å². The van der Waals surface area contributed by atoms with Crippen molar-refractivity contribution in [3.05, 3.63) is 329 Å². The van der Waals surface area contributed by atoms with E-state index in [1.54, 1.807) is 142 Å². The van der Waals surface area contributed by atoms with Gasteiger partial charge >= 0.3 is 88.3 Å². The number of benzene rings is 7. The quantitative estimate of drug-likeness (QED) is 0.00672. The number of amides is 2. The third kappa shape index (κ3) is 23.7. The van der Waals surface area contributed by atoms with Gasteiger partial charge in [-0.2, -0.15) is 39.5 Å². The smallest absolute Gasteiger partial charge is 0.416 e. The van der Waals surface area contributed by atoms with Crippen LogP contribution in [0.25, 0.3) is 61.2 Å². The Labute approximate surface area is 798 Å². The minimum Gasteiger partial charge on any atom is -0.500 e. The van der Waals surface area contributed by atoms with Gasteiger partial charge in [0.15, 0.2) is 5.57 Å². The molecule has 14 aromatic rings. The number of carboxylic acids is 1. The number of alkyl carbamates (subject to hydrolysis) is 1. The fraction of sp³-hybridized carbons (Fsp3) is 0.290. The van der Waals surface area contributed by atoms with Crippen LogP contribution in [0.3, 0.4) is 0 Å². The highest BCUT2D eigenvalue weighted by Crippen LogP contribution is 2.36. The maximum absolute atomic E-state index is 13.5. The molecule has 0 atom stereocenters. The number of aryl methyl sites for hydroxylation is 8. The number of aromatic carboxylic acids is 1. The van der Waals surface area contributed by atoms with Crippen molar-refractivity contribution in [1.29, 1.82) is 0 Å². The average Bonchev–Trinajstić information content (AvgIpc) is 1.77. The SMILES string of the molecule is CCO/C=C(\C(=O)NC(=O)OCC)C(=O)OCC.CCOC(=O)c1cn(-c2ccc3c(c2)n(C)c(=O)n3C)c(=O)[nH]c1=O.CCOC(=O)c1cn(-c2ccc3c(c2)n(C)c(=O)n3C)c(=O)n(Cc2cccc(C(F)(F)F)c2C)c1=O.Cc1c(CBr)cccc1C(F)(F)F.Cc1c(Cn2c(=O)c(C(=O)O)cn(-c3ccc4c(c3)n(C)c(=O)n4C)c2=O)cccc1C(F)(F)F.Cn1c(=O)n(C)c2cc(N)ccc21. The van der Waals surface area contributed by atoms with Crippen molar-refractivity contribution in [2.24, 2.45) is 56.4 Å². The summed E-state index contributed by atoms with van der Waals surface area (Å²) in [6.07, 6.45) is -10.5. The number of carbonyl (C=O) groups excluding carboxylic acids is 5. The fourth-order valence-electron chi connectivity index (χ4n) is 14.5. The number of H-pyrrole nitrogens is 1. The van der Waals surface area contributed by atoms with Gasteiger partial charge in [0.25, 0.3) is 22.6 Å². The number of aromatic amines is 1. The van der Waals surface area contributed by atoms with Crippen molar-refractivity contribution in [3.63, 3.8) is 0 Å². The second-order valence-corrected chi connectivity index (χ2v) is 31.3. The van der Waals surface area contributed by atoms with Crippen LogP contribution in [0, 0.1) is 20.8 Å². The number of imide groups is 1. The average molecular weight is 2040 g/mol. The first-order chi connectivity index (χ1) is 66.2. The van der Waals surface area contributed by atoms with Gasteiger partial charge in [0.2, 0.25) is 0 Å². The van der Waals surface area contributed by atoms with E-state index in [2.05, 4.69) is 30.4 Å². The molecule has 0 spiro atoms. The number of halogens is 10. The van der Waals surface area contributed by atoms with E-state index < -0.39 is 135 Å². The molecule has 48 heteroatoms. The Morgan fingerprint density at radius 2 is 0.745 bits per heavy atom. The van der Waals surface area contributed by atoms with E-state index in [1.165, 1.54) is 104 Å². The summed E-state index contributed by atoms with van der Waals surface area (Å²) in [6.45, 7) is 11.5. The molecule has 0 bridgehead atoms. The lowest BCUT2D eigenvalue weighted by atomic mass is 10.0. The molecule has 0 fully saturated rings. The molecule has 0 unspecified atom stereocenters. The number of rotatable bonds is 19. The molecule has 2 amide bonds. The number of aromatic nitrogens is 14. The maximum Gasteiger partial charge on any atom is 0.416 e. The number of fused-ring (bicyclic) bond motifs is 4. The number of hydrogen-bond donors (Lipinski definition) is 4. The summed E-state index contributed by atoms with van der Waals surface area (Å²) in [6, 6.07) is 30.6. The number of nitrogen functional groups attached to an aromatic ring is 1. The third-order valence-corrected chi connectivity index (χ3v) is 22.7. The second-order valence-electron chi connectivity index (χ2n) is 30.7. The molecule has 7 heterocycles. The molecule has 7 aromatic heterocycles. The number of alkyl halides is 10. The zero-order valence-electron chi connectivity index (χ0n) is 78.3. The molecule has 748 valence electrons. The number of nitrogens with two attached hydrogens (primary N) is 1. The van der Waals surface area contributed by atoms with Gasteiger partial charge in [-0.3, -0.25) is 88.9 Å². The molecule has 14 rings (SSSR count). The Hall–Kier alpha value is -16.3. The minimum atomic E-state index is -4.64. The standard InChI is InChI=1S/C25H23F3N4O5.C23H19F3N4O5.C16H16N4O5.C11H17NO6.C9H8BrF3.C9H11N3O/c1-5-37-22(34)17-13-31(16-9-10-19-20(11-16)30(4)23(35)29(19)3)24(36)32(21(17)33)12-15-7-6-8-18(14(15)2)25(26,27)28;1-12-13(5-4-6-16(12)23(24,25)26)10-30-19(31)15(20(32)33)11-29(22(30)35)14-7-8-17-18(9-14)28(3)21(34)27(17)2;1-4-25-14(22)10-8-20(15(23)17-13(10)21)9-5-6-11-12(7-9)19(3)16(24)18(11)2;1-4-16-7-8(10(14)17-5-2)9(13)12-11(15)18-6-3;1-6-7(5-10)3-2-4-8(6)9(11,12)13;1-11-7-4-3-6(10)5-8(7)12(2)9(11)13/h6-11,13H,5,12H2,1-4H3;4-9,11H,10H2,1-3H3,(H,32,33);5-8H,4H2,1-3H3,(H,17,21,23);7H,4-6H2,1-3H3,(H,12,13,15);2-4H,5H2,1H3;3-5H,10H2,1-2H3/b;;;8-7+;;. The molecule has 0 aliphatic carbocycles. The van der Waals surface area contributed by atoms with Gasteiger partial charge in [0.05, 0.1) is 124 Å². The number of hydrogen-bond acceptors (Lipinski definition) is 22. The predicted molar refractivity (Wildman–Crippen MR) is 503 cm³/mol. The van der Waals surface area contributed by atoms with Gasteiger partial charge in [-0.1, -0.05) is 52.3 Å². The van der Waals surface area contributed by atoms with Crippen molar-refractivity contribution in [2.45, 2.75) is 92.3 Å². The van der Waals surface area contributed by atoms with E-state index in [9.17, 15) is 121 Å². The molecular formula is C93H94BrF9N16O22. The zero-order chi connectivity index (χ0) is 105. The van der Waals surface area contributed by atoms with Crippen LogP contribution < -0.4 is 67.6 Å². The second kappa shape index (κ2) is 44.9. The number of carboxylic acid groups (broad SMARTS) is 1. The summed E-state index contributed by atoms with van der Waals surface area (Å²) < 4.78 is 157. The zero-order valence-corrected chi connectivity index (χ0v) is 79.9. The lowest BCUT2D eigenvalue weighted by Crippen LogP contribution is -2.42. The van der Waals surface area contributed by atoms with Crippen LogP contribution in [0.5, 0.6) is 0 Å². The summed E-state index contributed by atoms with van der Waals surface area (Å²) in [5.74, 6) is -5.20. The molecule has 5 N–H and O–H groups in total. The lowest BCUT2D eigenvalue weighted by molar-refractivity contribution is -0.141. The molecular weight excluding hydrogens is 1940 g/mol. The van der Waals surface area contributed by atoms with Gasteiger partial charge in [0, 0.05) is 86.0 Å². The van der Waals surface area contributed by atoms with E-state index >= 15 is 0 Å². The van der Waals surface area contributed by atoms with Gasteiger partial charge in [0.1, 0.15) is 23.0 Å². The van der Waals surface area contributed by atoms with E-state index in [1.807, 2.05) is 11.4 Å². The molecule has 141 heavy (non-hydrogen) atoms. The summed E-state index contributed by atoms with van der Waals surface area (Å²) in [7, 11) is 13.0. The first kappa shape index (κ1) is 108. The van der Waals surface area contributed by atoms with Gasteiger partial charge in [-0.05, 0) is 180 Å². The number of carbonyl (C=O) groups is 6. The van der Waals surface area contributed by atoms with Crippen molar-refractivity contribution < 1.29 is 97.1 Å². The maximum atomic E-state index is 13.5. The highest BCUT2D eigenvalue weighted by Gasteiger charge is 2.36. The first-order valence-corrected chi connectivity index (χ1v) is 43.3. The predicted octanol–water partition coefficient (Wildman–Crippen LogP) is 10.0. The third-order valence-electron chi connectivity index (χ3n) is 22.1. The molecule has 0 aliphatic rings. The molecule has 7 aromatic carbocycles. The van der Waals surface area contributed by atoms with Crippen LogP contribution in [0.2, 0.25) is 0 Å². The van der Waals surface area contributed by atoms with Crippen LogP contribution in [0.15, 0.2) is 206 Å². The highest BCUT2D eigenvalue weighted by atomic mass is 79.9. The van der Waals surface area contributed by atoms with Crippen molar-refractivity contribution in [3.8, 4) is 17.1 Å². The Morgan fingerprint density at radius 1 is 0.411 bits per heavy atom. The lowest BCUT2D eigenvalue weighted by Gasteiger charge is -2.16.